The highest BCUT2D eigenvalue weighted by atomic mass is 32.1. The number of thiophene rings is 1. The van der Waals surface area contributed by atoms with Crippen molar-refractivity contribution in [1.29, 1.82) is 0 Å². The topological polar surface area (TPSA) is 66.8 Å². The van der Waals surface area contributed by atoms with Gasteiger partial charge >= 0.3 is 5.97 Å². The smallest absolute Gasteiger partial charge is 0.349 e. The van der Waals surface area contributed by atoms with Crippen LogP contribution in [0.4, 0.5) is 0 Å². The van der Waals surface area contributed by atoms with Crippen LogP contribution in [0.2, 0.25) is 0 Å². The van der Waals surface area contributed by atoms with Crippen LogP contribution in [0.5, 0.6) is 5.75 Å². The van der Waals surface area contributed by atoms with Crippen molar-refractivity contribution in [1.82, 2.24) is 4.90 Å². The van der Waals surface area contributed by atoms with Gasteiger partial charge in [-0.05, 0) is 12.0 Å². The number of rotatable bonds is 4. The van der Waals surface area contributed by atoms with Crippen molar-refractivity contribution in [3.8, 4) is 5.75 Å². The predicted octanol–water partition coefficient (Wildman–Crippen LogP) is 2.18. The summed E-state index contributed by atoms with van der Waals surface area (Å²) in [4.78, 5) is 25.7. The van der Waals surface area contributed by atoms with Crippen LogP contribution in [-0.2, 0) is 4.79 Å². The number of nitrogens with zero attached hydrogens (tertiary/aromatic N) is 1. The fourth-order valence-electron chi connectivity index (χ4n) is 1.97. The lowest BCUT2D eigenvalue weighted by molar-refractivity contribution is -0.132. The number of amides is 1. The van der Waals surface area contributed by atoms with Gasteiger partial charge in [0.25, 0.3) is 5.91 Å². The van der Waals surface area contributed by atoms with Crippen molar-refractivity contribution in [3.05, 3.63) is 15.8 Å². The summed E-state index contributed by atoms with van der Waals surface area (Å²) in [5, 5.41) is 9.19. The summed E-state index contributed by atoms with van der Waals surface area (Å²) in [7, 11) is 1.72. The summed E-state index contributed by atoms with van der Waals surface area (Å²) < 4.78 is 5.62. The number of ether oxygens (including phenoxy) is 1. The van der Waals surface area contributed by atoms with E-state index in [4.69, 9.17) is 4.74 Å². The van der Waals surface area contributed by atoms with Gasteiger partial charge in [0.15, 0.2) is 11.0 Å². The van der Waals surface area contributed by atoms with Gasteiger partial charge in [-0.25, -0.2) is 4.79 Å². The number of aromatic carboxylic acids is 1. The first-order valence-corrected chi connectivity index (χ1v) is 7.00. The molecule has 2 rings (SSSR count). The monoisotopic (exact) mass is 283 g/mol. The minimum absolute atomic E-state index is 0.0892. The average Bonchev–Trinajstić information content (AvgIpc) is 2.88. The van der Waals surface area contributed by atoms with E-state index in [1.165, 1.54) is 11.3 Å². The van der Waals surface area contributed by atoms with Crippen molar-refractivity contribution in [2.75, 3.05) is 13.6 Å². The molecule has 1 fully saturated rings. The molecule has 1 aromatic rings. The number of carbonyl (C=O) groups is 2. The quantitative estimate of drug-likeness (QED) is 0.919. The summed E-state index contributed by atoms with van der Waals surface area (Å²) >= 11 is 1.21. The molecule has 0 spiro atoms. The second kappa shape index (κ2) is 5.21. The molecule has 104 valence electrons. The minimum atomic E-state index is -1.01. The van der Waals surface area contributed by atoms with Crippen LogP contribution in [0.15, 0.2) is 6.07 Å². The van der Waals surface area contributed by atoms with Crippen molar-refractivity contribution in [3.63, 3.8) is 0 Å². The Hall–Kier alpha value is -1.56. The van der Waals surface area contributed by atoms with Crippen LogP contribution in [-0.4, -0.2) is 41.6 Å². The number of hydrogen-bond donors (Lipinski definition) is 1. The zero-order valence-corrected chi connectivity index (χ0v) is 12.0. The van der Waals surface area contributed by atoms with E-state index in [1.54, 1.807) is 18.0 Å². The van der Waals surface area contributed by atoms with Gasteiger partial charge in [0.05, 0.1) is 0 Å². The normalized spacial score (nSPS) is 19.3. The maximum Gasteiger partial charge on any atom is 0.349 e. The SMILES string of the molecule is CC(C)c1cc(OC2CCN(C)C2=O)c(C(=O)O)s1. The Morgan fingerprint density at radius 2 is 2.26 bits per heavy atom. The lowest BCUT2D eigenvalue weighted by Gasteiger charge is -2.12. The van der Waals surface area contributed by atoms with Gasteiger partial charge in [-0.2, -0.15) is 0 Å². The van der Waals surface area contributed by atoms with Crippen LogP contribution in [0.25, 0.3) is 0 Å². The van der Waals surface area contributed by atoms with Gasteiger partial charge in [0.2, 0.25) is 0 Å². The number of likely N-dealkylation sites (tertiary alicyclic amines) is 1. The minimum Gasteiger partial charge on any atom is -0.479 e. The van der Waals surface area contributed by atoms with Crippen molar-refractivity contribution < 1.29 is 19.4 Å². The first-order chi connectivity index (χ1) is 8.90. The molecule has 0 saturated carbocycles. The first kappa shape index (κ1) is 13.9. The Morgan fingerprint density at radius 3 is 2.74 bits per heavy atom. The van der Waals surface area contributed by atoms with Crippen LogP contribution in [0.1, 0.15) is 40.7 Å². The average molecular weight is 283 g/mol. The summed E-state index contributed by atoms with van der Waals surface area (Å²) in [6, 6.07) is 1.74. The summed E-state index contributed by atoms with van der Waals surface area (Å²) in [5.41, 5.74) is 0. The standard InChI is InChI=1S/C13H17NO4S/c1-7(2)10-6-9(11(19-10)13(16)17)18-8-4-5-14(3)12(8)15/h6-8H,4-5H2,1-3H3,(H,16,17). The Kier molecular flexibility index (Phi) is 3.80. The molecule has 1 atom stereocenters. The molecule has 0 bridgehead atoms. The maximum atomic E-state index is 11.8. The van der Waals surface area contributed by atoms with E-state index in [-0.39, 0.29) is 16.7 Å². The number of carboxylic acid groups (broad SMARTS) is 1. The molecule has 0 radical (unpaired) electrons. The van der Waals surface area contributed by atoms with Crippen molar-refractivity contribution in [2.45, 2.75) is 32.3 Å². The Morgan fingerprint density at radius 1 is 1.58 bits per heavy atom. The molecular formula is C13H17NO4S. The zero-order valence-electron chi connectivity index (χ0n) is 11.2. The molecule has 1 amide bonds. The Labute approximate surface area is 115 Å². The third-order valence-corrected chi connectivity index (χ3v) is 4.53. The molecule has 1 aliphatic rings. The molecule has 19 heavy (non-hydrogen) atoms. The zero-order chi connectivity index (χ0) is 14.2. The van der Waals surface area contributed by atoms with Gasteiger partial charge in [-0.1, -0.05) is 13.8 Å². The third-order valence-electron chi connectivity index (χ3n) is 3.13. The molecule has 6 heteroatoms. The predicted molar refractivity (Wildman–Crippen MR) is 72.0 cm³/mol. The fourth-order valence-corrected chi connectivity index (χ4v) is 2.90. The van der Waals surface area contributed by atoms with Crippen LogP contribution < -0.4 is 4.74 Å². The van der Waals surface area contributed by atoms with Gasteiger partial charge in [0, 0.05) is 24.9 Å². The number of hydrogen-bond acceptors (Lipinski definition) is 4. The largest absolute Gasteiger partial charge is 0.479 e. The van der Waals surface area contributed by atoms with E-state index in [9.17, 15) is 14.7 Å². The fraction of sp³-hybridized carbons (Fsp3) is 0.538. The molecule has 0 aromatic carbocycles. The van der Waals surface area contributed by atoms with Crippen LogP contribution in [0.3, 0.4) is 0 Å². The summed E-state index contributed by atoms with van der Waals surface area (Å²) in [6.45, 7) is 4.64. The highest BCUT2D eigenvalue weighted by Gasteiger charge is 2.32. The van der Waals surface area contributed by atoms with Gasteiger partial charge < -0.3 is 14.7 Å². The Balaban J connectivity index is 2.24. The molecule has 1 aromatic heterocycles. The summed E-state index contributed by atoms with van der Waals surface area (Å²) in [6.07, 6.45) is 0.0408. The molecule has 0 aliphatic carbocycles. The van der Waals surface area contributed by atoms with Gasteiger partial charge in [-0.15, -0.1) is 11.3 Å². The van der Waals surface area contributed by atoms with Crippen LogP contribution >= 0.6 is 11.3 Å². The molecule has 1 unspecified atom stereocenters. The second-order valence-electron chi connectivity index (χ2n) is 4.96. The number of carboxylic acids is 1. The molecule has 1 aliphatic heterocycles. The molecule has 2 heterocycles. The molecular weight excluding hydrogens is 266 g/mol. The second-order valence-corrected chi connectivity index (χ2v) is 6.04. The number of likely N-dealkylation sites (N-methyl/N-ethyl adjacent to an activating group) is 1. The van der Waals surface area contributed by atoms with Crippen molar-refractivity contribution in [2.24, 2.45) is 0 Å². The van der Waals surface area contributed by atoms with E-state index < -0.39 is 12.1 Å². The molecule has 1 N–H and O–H groups in total. The molecule has 5 nitrogen and oxygen atoms in total. The van der Waals surface area contributed by atoms with E-state index in [0.29, 0.717) is 18.7 Å². The third kappa shape index (κ3) is 2.73. The van der Waals surface area contributed by atoms with Gasteiger partial charge in [-0.3, -0.25) is 4.79 Å². The van der Waals surface area contributed by atoms with E-state index in [1.807, 2.05) is 13.8 Å². The summed E-state index contributed by atoms with van der Waals surface area (Å²) in [5.74, 6) is -0.545. The maximum absolute atomic E-state index is 11.8. The van der Waals surface area contributed by atoms with Gasteiger partial charge in [0.1, 0.15) is 5.75 Å². The van der Waals surface area contributed by atoms with E-state index in [2.05, 4.69) is 0 Å². The molecule has 1 saturated heterocycles. The highest BCUT2D eigenvalue weighted by Crippen LogP contribution is 2.35. The van der Waals surface area contributed by atoms with Crippen LogP contribution in [0, 0.1) is 0 Å². The van der Waals surface area contributed by atoms with E-state index >= 15 is 0 Å². The van der Waals surface area contributed by atoms with E-state index in [0.717, 1.165) is 4.88 Å². The lowest BCUT2D eigenvalue weighted by atomic mass is 10.2. The Bertz CT molecular complexity index is 509. The van der Waals surface area contributed by atoms with Crippen molar-refractivity contribution >= 4 is 23.2 Å². The highest BCUT2D eigenvalue weighted by molar-refractivity contribution is 7.14. The first-order valence-electron chi connectivity index (χ1n) is 6.18. The lowest BCUT2D eigenvalue weighted by Crippen LogP contribution is -2.29. The number of carbonyl (C=O) groups excluding carboxylic acids is 1.